The Kier molecular flexibility index (Phi) is 5.47. The van der Waals surface area contributed by atoms with Crippen molar-refractivity contribution >= 4 is 5.97 Å². The summed E-state index contributed by atoms with van der Waals surface area (Å²) in [5, 5.41) is 9.67. The summed E-state index contributed by atoms with van der Waals surface area (Å²) in [6, 6.07) is 8.12. The molecule has 3 rings (SSSR count). The fourth-order valence-corrected chi connectivity index (χ4v) is 3.76. The Bertz CT molecular complexity index is 766. The van der Waals surface area contributed by atoms with Gasteiger partial charge >= 0.3 is 5.97 Å². The fraction of sp³-hybridized carbons (Fsp3) is 0.429. The van der Waals surface area contributed by atoms with Crippen LogP contribution in [0.3, 0.4) is 0 Å². The van der Waals surface area contributed by atoms with E-state index in [4.69, 9.17) is 4.98 Å². The van der Waals surface area contributed by atoms with Gasteiger partial charge in [-0.3, -0.25) is 4.98 Å². The highest BCUT2D eigenvalue weighted by Crippen LogP contribution is 2.32. The molecule has 0 unspecified atom stereocenters. The normalized spacial score (nSPS) is 14.8. The lowest BCUT2D eigenvalue weighted by molar-refractivity contribution is 0.0695. The Labute approximate surface area is 147 Å². The van der Waals surface area contributed by atoms with Crippen molar-refractivity contribution in [2.45, 2.75) is 51.9 Å². The third kappa shape index (κ3) is 3.89. The zero-order chi connectivity index (χ0) is 17.8. The molecule has 0 amide bonds. The number of pyridine rings is 1. The van der Waals surface area contributed by atoms with E-state index in [0.29, 0.717) is 35.6 Å². The number of rotatable bonds is 6. The van der Waals surface area contributed by atoms with Gasteiger partial charge in [0, 0.05) is 16.8 Å². The molecule has 132 valence electrons. The van der Waals surface area contributed by atoms with Gasteiger partial charge in [-0.2, -0.15) is 0 Å². The first-order chi connectivity index (χ1) is 12.1. The highest BCUT2D eigenvalue weighted by molar-refractivity contribution is 5.91. The van der Waals surface area contributed by atoms with Crippen molar-refractivity contribution in [1.82, 2.24) is 4.98 Å². The predicted octanol–water partition coefficient (Wildman–Crippen LogP) is 5.27. The Morgan fingerprint density at radius 3 is 2.56 bits per heavy atom. The second kappa shape index (κ2) is 7.77. The number of carbonyl (C=O) groups is 1. The average Bonchev–Trinajstić information content (AvgIpc) is 3.09. The molecule has 1 fully saturated rings. The lowest BCUT2D eigenvalue weighted by atomic mass is 9.94. The summed E-state index contributed by atoms with van der Waals surface area (Å²) in [6.45, 7) is 2.05. The van der Waals surface area contributed by atoms with Crippen molar-refractivity contribution in [2.75, 3.05) is 0 Å². The average molecular weight is 341 g/mol. The van der Waals surface area contributed by atoms with E-state index < -0.39 is 5.97 Å². The van der Waals surface area contributed by atoms with Crippen molar-refractivity contribution < 1.29 is 14.3 Å². The molecule has 1 saturated carbocycles. The molecule has 1 aromatic carbocycles. The number of aromatic carboxylic acids is 1. The molecule has 0 saturated heterocycles. The van der Waals surface area contributed by atoms with Crippen LogP contribution in [-0.2, 0) is 12.8 Å². The maximum absolute atomic E-state index is 14.3. The van der Waals surface area contributed by atoms with E-state index in [1.165, 1.54) is 18.9 Å². The third-order valence-corrected chi connectivity index (χ3v) is 5.02. The van der Waals surface area contributed by atoms with E-state index in [2.05, 4.69) is 6.92 Å². The van der Waals surface area contributed by atoms with Gasteiger partial charge in [0.15, 0.2) is 0 Å². The summed E-state index contributed by atoms with van der Waals surface area (Å²) < 4.78 is 14.3. The molecule has 1 aromatic heterocycles. The number of aromatic nitrogens is 1. The van der Waals surface area contributed by atoms with Crippen LogP contribution in [0.4, 0.5) is 4.39 Å². The minimum absolute atomic E-state index is 0.213. The molecular weight excluding hydrogens is 317 g/mol. The number of carboxylic acid groups (broad SMARTS) is 1. The van der Waals surface area contributed by atoms with Crippen LogP contribution in [0.1, 0.15) is 60.8 Å². The van der Waals surface area contributed by atoms with Gasteiger partial charge in [-0.25, -0.2) is 9.18 Å². The highest BCUT2D eigenvalue weighted by atomic mass is 19.1. The first-order valence-corrected chi connectivity index (χ1v) is 9.11. The van der Waals surface area contributed by atoms with Gasteiger partial charge in [0.2, 0.25) is 0 Å². The molecule has 0 radical (unpaired) electrons. The summed E-state index contributed by atoms with van der Waals surface area (Å²) in [5.41, 5.74) is 2.69. The number of hydrogen-bond acceptors (Lipinski definition) is 2. The molecule has 1 aliphatic carbocycles. The van der Waals surface area contributed by atoms with E-state index in [9.17, 15) is 14.3 Å². The van der Waals surface area contributed by atoms with Crippen molar-refractivity contribution in [3.05, 3.63) is 53.1 Å². The van der Waals surface area contributed by atoms with Crippen molar-refractivity contribution in [2.24, 2.45) is 5.92 Å². The molecule has 1 aliphatic rings. The lowest BCUT2D eigenvalue weighted by Crippen LogP contribution is -2.12. The number of aryl methyl sites for hydroxylation is 1. The molecule has 3 nitrogen and oxygen atoms in total. The summed E-state index contributed by atoms with van der Waals surface area (Å²) in [7, 11) is 0. The van der Waals surface area contributed by atoms with E-state index in [-0.39, 0.29) is 11.4 Å². The quantitative estimate of drug-likeness (QED) is 0.778. The minimum Gasteiger partial charge on any atom is -0.478 e. The Balaban J connectivity index is 2.09. The number of benzene rings is 1. The smallest absolute Gasteiger partial charge is 0.337 e. The molecule has 0 bridgehead atoms. The number of hydrogen-bond donors (Lipinski definition) is 1. The standard InChI is InChI=1S/C21H24FNO2/c1-2-7-19-16(15-10-5-6-11-18(15)22)13-17(21(24)25)20(23-19)12-14-8-3-4-9-14/h5-6,10-11,13-14H,2-4,7-9,12H2,1H3,(H,24,25). The number of halogens is 1. The highest BCUT2D eigenvalue weighted by Gasteiger charge is 2.23. The molecule has 2 aromatic rings. The van der Waals surface area contributed by atoms with E-state index in [0.717, 1.165) is 25.0 Å². The molecule has 1 N–H and O–H groups in total. The van der Waals surface area contributed by atoms with Gasteiger partial charge in [0.05, 0.1) is 11.3 Å². The first-order valence-electron chi connectivity index (χ1n) is 9.11. The van der Waals surface area contributed by atoms with Gasteiger partial charge in [-0.05, 0) is 30.9 Å². The second-order valence-corrected chi connectivity index (χ2v) is 6.87. The van der Waals surface area contributed by atoms with Crippen LogP contribution in [-0.4, -0.2) is 16.1 Å². The topological polar surface area (TPSA) is 50.2 Å². The van der Waals surface area contributed by atoms with Crippen molar-refractivity contribution in [3.8, 4) is 11.1 Å². The zero-order valence-corrected chi connectivity index (χ0v) is 14.6. The van der Waals surface area contributed by atoms with Gasteiger partial charge in [-0.15, -0.1) is 0 Å². The van der Waals surface area contributed by atoms with Crippen molar-refractivity contribution in [1.29, 1.82) is 0 Å². The van der Waals surface area contributed by atoms with Crippen LogP contribution in [0.15, 0.2) is 30.3 Å². The summed E-state index contributed by atoms with van der Waals surface area (Å²) >= 11 is 0. The molecule has 4 heteroatoms. The summed E-state index contributed by atoms with van der Waals surface area (Å²) in [5.74, 6) is -0.818. The Morgan fingerprint density at radius 1 is 1.20 bits per heavy atom. The summed E-state index contributed by atoms with van der Waals surface area (Å²) in [4.78, 5) is 16.5. The molecule has 1 heterocycles. The maximum atomic E-state index is 14.3. The van der Waals surface area contributed by atoms with E-state index >= 15 is 0 Å². The largest absolute Gasteiger partial charge is 0.478 e. The molecule has 0 atom stereocenters. The van der Waals surface area contributed by atoms with Crippen molar-refractivity contribution in [3.63, 3.8) is 0 Å². The maximum Gasteiger partial charge on any atom is 0.337 e. The van der Waals surface area contributed by atoms with Crippen LogP contribution >= 0.6 is 0 Å². The molecular formula is C21H24FNO2. The van der Waals surface area contributed by atoms with Crippen LogP contribution in [0.25, 0.3) is 11.1 Å². The van der Waals surface area contributed by atoms with Crippen LogP contribution in [0, 0.1) is 11.7 Å². The minimum atomic E-state index is -0.985. The fourth-order valence-electron chi connectivity index (χ4n) is 3.76. The Hall–Kier alpha value is -2.23. The van der Waals surface area contributed by atoms with Gasteiger partial charge in [0.25, 0.3) is 0 Å². The van der Waals surface area contributed by atoms with Crippen LogP contribution in [0.5, 0.6) is 0 Å². The summed E-state index contributed by atoms with van der Waals surface area (Å²) in [6.07, 6.45) is 6.99. The van der Waals surface area contributed by atoms with Crippen LogP contribution in [0.2, 0.25) is 0 Å². The zero-order valence-electron chi connectivity index (χ0n) is 14.6. The SMILES string of the molecule is CCCc1nc(CC2CCCC2)c(C(=O)O)cc1-c1ccccc1F. The third-order valence-electron chi connectivity index (χ3n) is 5.02. The molecule has 0 aliphatic heterocycles. The molecule has 25 heavy (non-hydrogen) atoms. The monoisotopic (exact) mass is 341 g/mol. The number of nitrogens with zero attached hydrogens (tertiary/aromatic N) is 1. The van der Waals surface area contributed by atoms with Gasteiger partial charge < -0.3 is 5.11 Å². The van der Waals surface area contributed by atoms with Gasteiger partial charge in [0.1, 0.15) is 5.82 Å². The second-order valence-electron chi connectivity index (χ2n) is 6.87. The predicted molar refractivity (Wildman–Crippen MR) is 96.2 cm³/mol. The lowest BCUT2D eigenvalue weighted by Gasteiger charge is -2.16. The van der Waals surface area contributed by atoms with Gasteiger partial charge in [-0.1, -0.05) is 57.2 Å². The van der Waals surface area contributed by atoms with E-state index in [1.54, 1.807) is 24.3 Å². The number of carboxylic acids is 1. The molecule has 0 spiro atoms. The van der Waals surface area contributed by atoms with Crippen LogP contribution < -0.4 is 0 Å². The van der Waals surface area contributed by atoms with E-state index in [1.807, 2.05) is 0 Å². The first kappa shape index (κ1) is 17.6. The Morgan fingerprint density at radius 2 is 1.92 bits per heavy atom.